The fourth-order valence-corrected chi connectivity index (χ4v) is 2.82. The van der Waals surface area contributed by atoms with Crippen LogP contribution in [0.5, 0.6) is 0 Å². The molecule has 1 rings (SSSR count). The van der Waals surface area contributed by atoms with Gasteiger partial charge in [0.1, 0.15) is 0 Å². The Morgan fingerprint density at radius 1 is 1.00 bits per heavy atom. The first-order valence-electron chi connectivity index (χ1n) is 7.78. The average Bonchev–Trinajstić information content (AvgIpc) is 2.48. The highest BCUT2D eigenvalue weighted by molar-refractivity contribution is 6.17. The largest absolute Gasteiger partial charge is 0.372 e. The molecule has 0 atom stereocenters. The number of rotatable bonds is 9. The zero-order chi connectivity index (χ0) is 15.0. The number of alkyl halides is 1. The molecule has 1 aromatic rings. The van der Waals surface area contributed by atoms with E-state index in [1.54, 1.807) is 0 Å². The molecule has 0 aliphatic rings. The third kappa shape index (κ3) is 4.99. The Kier molecular flexibility index (Phi) is 8.01. The summed E-state index contributed by atoms with van der Waals surface area (Å²) in [5.74, 6) is 0.587. The van der Waals surface area contributed by atoms with E-state index >= 15 is 0 Å². The maximum absolute atomic E-state index is 6.10. The normalized spacial score (nSPS) is 11.1. The lowest BCUT2D eigenvalue weighted by Gasteiger charge is -2.27. The molecule has 0 radical (unpaired) electrons. The van der Waals surface area contributed by atoms with Crippen molar-refractivity contribution in [1.82, 2.24) is 4.90 Å². The molecular formula is C17H29ClN2. The van der Waals surface area contributed by atoms with Gasteiger partial charge in [0.15, 0.2) is 0 Å². The van der Waals surface area contributed by atoms with Crippen molar-refractivity contribution in [3.8, 4) is 0 Å². The van der Waals surface area contributed by atoms with E-state index in [-0.39, 0.29) is 0 Å². The van der Waals surface area contributed by atoms with Crippen molar-refractivity contribution in [2.45, 2.75) is 40.0 Å². The molecule has 20 heavy (non-hydrogen) atoms. The summed E-state index contributed by atoms with van der Waals surface area (Å²) in [5, 5.41) is 0. The van der Waals surface area contributed by atoms with Crippen LogP contribution in [0.25, 0.3) is 0 Å². The number of anilines is 1. The summed E-state index contributed by atoms with van der Waals surface area (Å²) < 4.78 is 0. The van der Waals surface area contributed by atoms with Gasteiger partial charge < -0.3 is 9.80 Å². The van der Waals surface area contributed by atoms with Gasteiger partial charge in [0.2, 0.25) is 0 Å². The summed E-state index contributed by atoms with van der Waals surface area (Å²) in [6, 6.07) is 6.60. The molecule has 0 spiro atoms. The van der Waals surface area contributed by atoms with Gasteiger partial charge in [-0.3, -0.25) is 0 Å². The molecule has 2 nitrogen and oxygen atoms in total. The molecule has 0 saturated carbocycles. The topological polar surface area (TPSA) is 6.48 Å². The molecule has 3 heteroatoms. The Bertz CT molecular complexity index is 389. The third-order valence-corrected chi connectivity index (χ3v) is 4.19. The summed E-state index contributed by atoms with van der Waals surface area (Å²) in [6.45, 7) is 14.4. The van der Waals surface area contributed by atoms with Gasteiger partial charge in [0.25, 0.3) is 0 Å². The lowest BCUT2D eigenvalue weighted by molar-refractivity contribution is 0.300. The van der Waals surface area contributed by atoms with Gasteiger partial charge in [0, 0.05) is 24.7 Å². The van der Waals surface area contributed by atoms with Crippen molar-refractivity contribution in [3.05, 3.63) is 29.3 Å². The van der Waals surface area contributed by atoms with Gasteiger partial charge >= 0.3 is 0 Å². The summed E-state index contributed by atoms with van der Waals surface area (Å²) >= 11 is 6.10. The molecule has 0 unspecified atom stereocenters. The van der Waals surface area contributed by atoms with Crippen molar-refractivity contribution in [2.24, 2.45) is 0 Å². The number of hydrogen-bond donors (Lipinski definition) is 0. The van der Waals surface area contributed by atoms with Crippen LogP contribution in [0, 0.1) is 6.92 Å². The van der Waals surface area contributed by atoms with E-state index in [1.165, 1.54) is 29.8 Å². The van der Waals surface area contributed by atoms with E-state index in [0.29, 0.717) is 5.88 Å². The molecular weight excluding hydrogens is 268 g/mol. The van der Waals surface area contributed by atoms with Gasteiger partial charge in [-0.15, -0.1) is 11.6 Å². The van der Waals surface area contributed by atoms with E-state index in [2.05, 4.69) is 55.7 Å². The first-order chi connectivity index (χ1) is 9.65. The third-order valence-electron chi connectivity index (χ3n) is 3.90. The molecule has 0 amide bonds. The van der Waals surface area contributed by atoms with E-state index in [9.17, 15) is 0 Å². The second-order valence-electron chi connectivity index (χ2n) is 5.23. The number of halogens is 1. The second kappa shape index (κ2) is 9.25. The Morgan fingerprint density at radius 3 is 2.25 bits per heavy atom. The zero-order valence-electron chi connectivity index (χ0n) is 13.5. The molecule has 0 aliphatic carbocycles. The van der Waals surface area contributed by atoms with Crippen molar-refractivity contribution in [2.75, 3.05) is 37.6 Å². The number of benzene rings is 1. The van der Waals surface area contributed by atoms with Crippen LogP contribution < -0.4 is 4.90 Å². The number of hydrogen-bond acceptors (Lipinski definition) is 2. The Hall–Kier alpha value is -0.730. The van der Waals surface area contributed by atoms with Crippen LogP contribution in [0.1, 0.15) is 38.3 Å². The van der Waals surface area contributed by atoms with Crippen molar-refractivity contribution < 1.29 is 0 Å². The fourth-order valence-electron chi connectivity index (χ4n) is 2.60. The van der Waals surface area contributed by atoms with Crippen LogP contribution in [0.3, 0.4) is 0 Å². The highest BCUT2D eigenvalue weighted by Gasteiger charge is 2.10. The molecule has 0 saturated heterocycles. The van der Waals surface area contributed by atoms with E-state index in [4.69, 9.17) is 11.6 Å². The molecule has 0 heterocycles. The van der Waals surface area contributed by atoms with Gasteiger partial charge in [0.05, 0.1) is 0 Å². The minimum atomic E-state index is 0.587. The molecule has 0 aromatic heterocycles. The molecule has 114 valence electrons. The van der Waals surface area contributed by atoms with Crippen molar-refractivity contribution >= 4 is 17.3 Å². The Balaban J connectivity index is 2.66. The first-order valence-corrected chi connectivity index (χ1v) is 8.32. The summed E-state index contributed by atoms with van der Waals surface area (Å²) in [5.41, 5.74) is 3.83. The van der Waals surface area contributed by atoms with Crippen molar-refractivity contribution in [3.63, 3.8) is 0 Å². The quantitative estimate of drug-likeness (QED) is 0.627. The van der Waals surface area contributed by atoms with E-state index in [1.807, 2.05) is 0 Å². The summed E-state index contributed by atoms with van der Waals surface area (Å²) in [7, 11) is 0. The molecule has 1 aromatic carbocycles. The lowest BCUT2D eigenvalue weighted by atomic mass is 10.1. The standard InChI is InChI=1S/C17H29ClN2/c1-5-19(6-2)11-8-12-20(7-3)17-10-9-15(4)13-16(17)14-18/h9-10,13H,5-8,11-12,14H2,1-4H3. The highest BCUT2D eigenvalue weighted by atomic mass is 35.5. The van der Waals surface area contributed by atoms with E-state index < -0.39 is 0 Å². The molecule has 0 bridgehead atoms. The van der Waals surface area contributed by atoms with Gasteiger partial charge in [-0.05, 0) is 51.5 Å². The second-order valence-corrected chi connectivity index (χ2v) is 5.49. The predicted molar refractivity (Wildman–Crippen MR) is 91.0 cm³/mol. The van der Waals surface area contributed by atoms with Crippen LogP contribution in [0.4, 0.5) is 5.69 Å². The number of nitrogens with zero attached hydrogens (tertiary/aromatic N) is 2. The lowest BCUT2D eigenvalue weighted by Crippen LogP contribution is -2.30. The van der Waals surface area contributed by atoms with Crippen LogP contribution in [-0.4, -0.2) is 37.6 Å². The van der Waals surface area contributed by atoms with Crippen LogP contribution in [0.15, 0.2) is 18.2 Å². The summed E-state index contributed by atoms with van der Waals surface area (Å²) in [4.78, 5) is 4.92. The molecule has 0 N–H and O–H groups in total. The van der Waals surface area contributed by atoms with Crippen molar-refractivity contribution in [1.29, 1.82) is 0 Å². The van der Waals surface area contributed by atoms with E-state index in [0.717, 1.165) is 26.2 Å². The van der Waals surface area contributed by atoms with Crippen LogP contribution >= 0.6 is 11.6 Å². The van der Waals surface area contributed by atoms with Gasteiger partial charge in [-0.2, -0.15) is 0 Å². The fraction of sp³-hybridized carbons (Fsp3) is 0.647. The maximum Gasteiger partial charge on any atom is 0.0494 e. The van der Waals surface area contributed by atoms with Crippen LogP contribution in [0.2, 0.25) is 0 Å². The predicted octanol–water partition coefficient (Wildman–Crippen LogP) is 4.29. The maximum atomic E-state index is 6.10. The Morgan fingerprint density at radius 2 is 1.70 bits per heavy atom. The van der Waals surface area contributed by atoms with Crippen LogP contribution in [-0.2, 0) is 5.88 Å². The summed E-state index contributed by atoms with van der Waals surface area (Å²) in [6.07, 6.45) is 1.20. The first kappa shape index (κ1) is 17.3. The average molecular weight is 297 g/mol. The Labute approximate surface area is 129 Å². The highest BCUT2D eigenvalue weighted by Crippen LogP contribution is 2.23. The smallest absolute Gasteiger partial charge is 0.0494 e. The number of aryl methyl sites for hydroxylation is 1. The SMILES string of the molecule is CCN(CC)CCCN(CC)c1ccc(C)cc1CCl. The van der Waals surface area contributed by atoms with Gasteiger partial charge in [-0.25, -0.2) is 0 Å². The molecule has 0 fully saturated rings. The zero-order valence-corrected chi connectivity index (χ0v) is 14.2. The monoisotopic (exact) mass is 296 g/mol. The minimum Gasteiger partial charge on any atom is -0.372 e. The minimum absolute atomic E-state index is 0.587. The molecule has 0 aliphatic heterocycles. The van der Waals surface area contributed by atoms with Gasteiger partial charge in [-0.1, -0.05) is 31.5 Å².